The van der Waals surface area contributed by atoms with E-state index in [9.17, 15) is 9.59 Å². The van der Waals surface area contributed by atoms with E-state index >= 15 is 0 Å². The highest BCUT2D eigenvalue weighted by Crippen LogP contribution is 2.44. The van der Waals surface area contributed by atoms with E-state index in [0.29, 0.717) is 6.42 Å². The first kappa shape index (κ1) is 14.0. The summed E-state index contributed by atoms with van der Waals surface area (Å²) in [6.07, 6.45) is 4.35. The molecule has 0 atom stereocenters. The van der Waals surface area contributed by atoms with Crippen LogP contribution in [-0.4, -0.2) is 35.0 Å². The van der Waals surface area contributed by atoms with E-state index < -0.39 is 5.97 Å². The molecule has 17 heavy (non-hydrogen) atoms. The van der Waals surface area contributed by atoms with Crippen LogP contribution in [0.25, 0.3) is 0 Å². The molecule has 1 rings (SSSR count). The van der Waals surface area contributed by atoms with E-state index in [0.717, 1.165) is 25.7 Å². The van der Waals surface area contributed by atoms with Gasteiger partial charge in [0.15, 0.2) is 0 Å². The number of carbonyl (C=O) groups excluding carboxylic acids is 1. The second-order valence-corrected chi connectivity index (χ2v) is 5.55. The number of carboxylic acids is 1. The lowest BCUT2D eigenvalue weighted by atomic mass is 9.79. The van der Waals surface area contributed by atoms with Gasteiger partial charge in [0, 0.05) is 19.5 Å². The molecular weight excluding hydrogens is 218 g/mol. The van der Waals surface area contributed by atoms with Gasteiger partial charge in [0.05, 0.1) is 6.42 Å². The zero-order valence-corrected chi connectivity index (χ0v) is 11.0. The molecule has 4 heteroatoms. The van der Waals surface area contributed by atoms with Gasteiger partial charge < -0.3 is 10.0 Å². The predicted octanol–water partition coefficient (Wildman–Crippen LogP) is 2.28. The fourth-order valence-electron chi connectivity index (χ4n) is 2.60. The number of hydrogen-bond acceptors (Lipinski definition) is 2. The molecule has 98 valence electrons. The average molecular weight is 241 g/mol. The Morgan fingerprint density at radius 3 is 2.18 bits per heavy atom. The second-order valence-electron chi connectivity index (χ2n) is 5.55. The molecule has 1 saturated carbocycles. The summed E-state index contributed by atoms with van der Waals surface area (Å²) in [5.74, 6) is -0.713. The van der Waals surface area contributed by atoms with E-state index in [1.54, 1.807) is 11.9 Å². The minimum absolute atomic E-state index is 0.0724. The Balaban J connectivity index is 2.67. The fraction of sp³-hybridized carbons (Fsp3) is 0.846. The maximum atomic E-state index is 12.1. The summed E-state index contributed by atoms with van der Waals surface area (Å²) in [7, 11) is 1.79. The molecule has 0 spiro atoms. The van der Waals surface area contributed by atoms with Gasteiger partial charge in [0.2, 0.25) is 5.91 Å². The monoisotopic (exact) mass is 241 g/mol. The van der Waals surface area contributed by atoms with Crippen molar-refractivity contribution in [2.45, 2.75) is 58.4 Å². The van der Waals surface area contributed by atoms with Gasteiger partial charge in [-0.2, -0.15) is 0 Å². The van der Waals surface area contributed by atoms with Crippen molar-refractivity contribution >= 4 is 11.9 Å². The Morgan fingerprint density at radius 1 is 1.24 bits per heavy atom. The molecular formula is C13H23NO3. The predicted molar refractivity (Wildman–Crippen MR) is 65.7 cm³/mol. The highest BCUT2D eigenvalue weighted by Gasteiger charge is 2.38. The number of carboxylic acid groups (broad SMARTS) is 1. The fourth-order valence-corrected chi connectivity index (χ4v) is 2.60. The van der Waals surface area contributed by atoms with Gasteiger partial charge in [-0.25, -0.2) is 0 Å². The summed E-state index contributed by atoms with van der Waals surface area (Å²) in [5.41, 5.74) is -0.286. The summed E-state index contributed by atoms with van der Waals surface area (Å²) in [6, 6.07) is 0.172. The van der Waals surface area contributed by atoms with E-state index in [-0.39, 0.29) is 23.8 Å². The van der Waals surface area contributed by atoms with Crippen LogP contribution < -0.4 is 0 Å². The van der Waals surface area contributed by atoms with E-state index in [1.165, 1.54) is 0 Å². The van der Waals surface area contributed by atoms with Crippen molar-refractivity contribution in [3.05, 3.63) is 0 Å². The first-order valence-electron chi connectivity index (χ1n) is 6.34. The molecule has 0 aromatic heterocycles. The number of hydrogen-bond donors (Lipinski definition) is 1. The summed E-state index contributed by atoms with van der Waals surface area (Å²) in [5, 5.41) is 8.97. The third-order valence-electron chi connectivity index (χ3n) is 3.88. The summed E-state index contributed by atoms with van der Waals surface area (Å²) >= 11 is 0. The van der Waals surface area contributed by atoms with Crippen LogP contribution in [0.15, 0.2) is 0 Å². The first-order chi connectivity index (χ1) is 7.86. The highest BCUT2D eigenvalue weighted by molar-refractivity contribution is 5.78. The lowest BCUT2D eigenvalue weighted by Crippen LogP contribution is -2.37. The van der Waals surface area contributed by atoms with Gasteiger partial charge >= 0.3 is 5.97 Å². The molecule has 0 unspecified atom stereocenters. The second kappa shape index (κ2) is 5.52. The summed E-state index contributed by atoms with van der Waals surface area (Å²) in [6.45, 7) is 3.94. The van der Waals surface area contributed by atoms with E-state index in [1.807, 2.05) is 13.8 Å². The molecule has 0 radical (unpaired) electrons. The minimum Gasteiger partial charge on any atom is -0.481 e. The molecule has 1 aliphatic carbocycles. The lowest BCUT2D eigenvalue weighted by Gasteiger charge is -2.30. The quantitative estimate of drug-likeness (QED) is 0.803. The van der Waals surface area contributed by atoms with Gasteiger partial charge in [-0.3, -0.25) is 9.59 Å². The smallest absolute Gasteiger partial charge is 0.303 e. The lowest BCUT2D eigenvalue weighted by molar-refractivity contribution is -0.141. The van der Waals surface area contributed by atoms with Crippen LogP contribution >= 0.6 is 0 Å². The van der Waals surface area contributed by atoms with Gasteiger partial charge in [0.1, 0.15) is 0 Å². The molecule has 0 aliphatic heterocycles. The zero-order valence-electron chi connectivity index (χ0n) is 11.0. The third-order valence-corrected chi connectivity index (χ3v) is 3.88. The van der Waals surface area contributed by atoms with Crippen LogP contribution in [0.3, 0.4) is 0 Å². The molecule has 1 amide bonds. The average Bonchev–Trinajstić information content (AvgIpc) is 2.63. The molecule has 0 aromatic rings. The number of nitrogens with zero attached hydrogens (tertiary/aromatic N) is 1. The molecule has 0 saturated heterocycles. The van der Waals surface area contributed by atoms with Crippen LogP contribution in [0.4, 0.5) is 0 Å². The Hall–Kier alpha value is -1.06. The van der Waals surface area contributed by atoms with Crippen LogP contribution in [-0.2, 0) is 9.59 Å². The Morgan fingerprint density at radius 2 is 1.76 bits per heavy atom. The van der Waals surface area contributed by atoms with Crippen LogP contribution in [0.5, 0.6) is 0 Å². The maximum Gasteiger partial charge on any atom is 0.303 e. The molecule has 1 aliphatic rings. The molecule has 1 fully saturated rings. The van der Waals surface area contributed by atoms with Gasteiger partial charge in [-0.15, -0.1) is 0 Å². The van der Waals surface area contributed by atoms with Crippen molar-refractivity contribution < 1.29 is 14.7 Å². The summed E-state index contributed by atoms with van der Waals surface area (Å²) in [4.78, 5) is 24.7. The number of carbonyl (C=O) groups is 2. The number of amides is 1. The van der Waals surface area contributed by atoms with Crippen molar-refractivity contribution in [1.82, 2.24) is 4.90 Å². The SMILES string of the molecule is CC(C)N(C)C(=O)CC1(CC(=O)O)CCCC1. The van der Waals surface area contributed by atoms with Gasteiger partial charge in [-0.1, -0.05) is 12.8 Å². The zero-order chi connectivity index (χ0) is 13.1. The molecule has 0 bridgehead atoms. The molecule has 0 aromatic carbocycles. The van der Waals surface area contributed by atoms with Crippen LogP contribution in [0, 0.1) is 5.41 Å². The Labute approximate surface area is 103 Å². The van der Waals surface area contributed by atoms with Crippen molar-refractivity contribution in [2.75, 3.05) is 7.05 Å². The van der Waals surface area contributed by atoms with Gasteiger partial charge in [-0.05, 0) is 32.1 Å². The van der Waals surface area contributed by atoms with E-state index in [2.05, 4.69) is 0 Å². The highest BCUT2D eigenvalue weighted by atomic mass is 16.4. The van der Waals surface area contributed by atoms with Crippen LogP contribution in [0.1, 0.15) is 52.4 Å². The standard InChI is InChI=1S/C13H23NO3/c1-10(2)14(3)11(15)8-13(9-12(16)17)6-4-5-7-13/h10H,4-9H2,1-3H3,(H,16,17). The molecule has 0 heterocycles. The number of rotatable bonds is 5. The molecule has 4 nitrogen and oxygen atoms in total. The van der Waals surface area contributed by atoms with Crippen molar-refractivity contribution in [1.29, 1.82) is 0 Å². The third kappa shape index (κ3) is 3.72. The van der Waals surface area contributed by atoms with Crippen LogP contribution in [0.2, 0.25) is 0 Å². The Kier molecular flexibility index (Phi) is 4.54. The Bertz CT molecular complexity index is 293. The van der Waals surface area contributed by atoms with Gasteiger partial charge in [0.25, 0.3) is 0 Å². The maximum absolute atomic E-state index is 12.1. The number of aliphatic carboxylic acids is 1. The first-order valence-corrected chi connectivity index (χ1v) is 6.34. The molecule has 1 N–H and O–H groups in total. The topological polar surface area (TPSA) is 57.6 Å². The normalized spacial score (nSPS) is 18.4. The van der Waals surface area contributed by atoms with E-state index in [4.69, 9.17) is 5.11 Å². The van der Waals surface area contributed by atoms with Crippen molar-refractivity contribution in [3.8, 4) is 0 Å². The van der Waals surface area contributed by atoms with Crippen molar-refractivity contribution in [3.63, 3.8) is 0 Å². The van der Waals surface area contributed by atoms with Crippen molar-refractivity contribution in [2.24, 2.45) is 5.41 Å². The minimum atomic E-state index is -0.785. The largest absolute Gasteiger partial charge is 0.481 e. The summed E-state index contributed by atoms with van der Waals surface area (Å²) < 4.78 is 0.